The van der Waals surface area contributed by atoms with E-state index in [1.54, 1.807) is 0 Å². The quantitative estimate of drug-likeness (QED) is 0.0320. The monoisotopic (exact) mass is 559 g/mol. The van der Waals surface area contributed by atoms with E-state index in [4.69, 9.17) is 22.9 Å². The molecule has 0 spiro atoms. The third kappa shape index (κ3) is 17.4. The van der Waals surface area contributed by atoms with Gasteiger partial charge in [0.15, 0.2) is 5.96 Å². The summed E-state index contributed by atoms with van der Waals surface area (Å²) in [4.78, 5) is 64.5. The van der Waals surface area contributed by atoms with Gasteiger partial charge in [-0.3, -0.25) is 29.0 Å². The zero-order valence-corrected chi connectivity index (χ0v) is 23.1. The Bertz CT molecular complexity index is 793. The fraction of sp³-hybridized carbons (Fsp3) is 0.739. The Morgan fingerprint density at radius 1 is 0.816 bits per heavy atom. The Kier molecular flexibility index (Phi) is 19.2. The Balaban J connectivity index is 4.49. The van der Waals surface area contributed by atoms with Crippen molar-refractivity contribution in [2.45, 2.75) is 82.8 Å². The third-order valence-electron chi connectivity index (χ3n) is 5.46. The van der Waals surface area contributed by atoms with E-state index in [1.165, 1.54) is 6.42 Å². The van der Waals surface area contributed by atoms with E-state index in [9.17, 15) is 24.0 Å². The number of unbranched alkanes of at least 4 members (excludes halogenated alkanes) is 5. The first kappa shape index (κ1) is 34.9. The minimum Gasteiger partial charge on any atom is -0.370 e. The van der Waals surface area contributed by atoms with Crippen LogP contribution >= 0.6 is 12.6 Å². The zero-order valence-electron chi connectivity index (χ0n) is 22.2. The van der Waals surface area contributed by atoms with Crippen LogP contribution in [-0.2, 0) is 24.0 Å². The van der Waals surface area contributed by atoms with Crippen molar-refractivity contribution < 1.29 is 24.0 Å². The number of nitrogens with one attached hydrogen (secondary N) is 4. The van der Waals surface area contributed by atoms with Crippen LogP contribution in [0.1, 0.15) is 64.7 Å². The van der Waals surface area contributed by atoms with E-state index >= 15 is 0 Å². The summed E-state index contributed by atoms with van der Waals surface area (Å²) in [5, 5.41) is 9.86. The molecule has 0 saturated carbocycles. The van der Waals surface area contributed by atoms with Gasteiger partial charge >= 0.3 is 0 Å². The molecular formula is C23H45N9O5S. The molecule has 14 nitrogen and oxygen atoms in total. The van der Waals surface area contributed by atoms with Gasteiger partial charge in [0.2, 0.25) is 29.5 Å². The summed E-state index contributed by atoms with van der Waals surface area (Å²) < 4.78 is 0. The number of nitrogens with zero attached hydrogens (tertiary/aromatic N) is 1. The molecule has 0 heterocycles. The minimum atomic E-state index is -1.23. The van der Waals surface area contributed by atoms with Crippen molar-refractivity contribution in [2.75, 3.05) is 25.4 Å². The van der Waals surface area contributed by atoms with Crippen LogP contribution in [0.5, 0.6) is 0 Å². The normalized spacial score (nSPS) is 12.9. The van der Waals surface area contributed by atoms with Crippen LogP contribution in [0, 0.1) is 0 Å². The number of nitrogens with two attached hydrogens (primary N) is 4. The van der Waals surface area contributed by atoms with Crippen LogP contribution in [-0.4, -0.2) is 79.0 Å². The number of primary amides is 1. The maximum atomic E-state index is 12.4. The largest absolute Gasteiger partial charge is 0.370 e. The number of thiol groups is 1. The molecule has 0 radical (unpaired) electrons. The lowest BCUT2D eigenvalue weighted by Gasteiger charge is -2.20. The smallest absolute Gasteiger partial charge is 0.243 e. The van der Waals surface area contributed by atoms with Crippen LogP contribution in [0.4, 0.5) is 0 Å². The van der Waals surface area contributed by atoms with Crippen molar-refractivity contribution in [3.63, 3.8) is 0 Å². The summed E-state index contributed by atoms with van der Waals surface area (Å²) >= 11 is 4.06. The highest BCUT2D eigenvalue weighted by Crippen LogP contribution is 2.04. The second-order valence-corrected chi connectivity index (χ2v) is 9.23. The molecule has 0 aliphatic rings. The van der Waals surface area contributed by atoms with E-state index < -0.39 is 54.2 Å². The van der Waals surface area contributed by atoms with Crippen LogP contribution in [0.3, 0.4) is 0 Å². The van der Waals surface area contributed by atoms with Crippen molar-refractivity contribution in [1.29, 1.82) is 0 Å². The molecule has 0 aliphatic heterocycles. The van der Waals surface area contributed by atoms with Gasteiger partial charge in [-0.05, 0) is 19.3 Å². The van der Waals surface area contributed by atoms with E-state index in [-0.39, 0.29) is 24.6 Å². The number of rotatable bonds is 21. The summed E-state index contributed by atoms with van der Waals surface area (Å²) in [6.45, 7) is 2.41. The lowest BCUT2D eigenvalue weighted by molar-refractivity contribution is -0.132. The Hall–Kier alpha value is -3.07. The van der Waals surface area contributed by atoms with E-state index in [2.05, 4.69) is 45.8 Å². The second-order valence-electron chi connectivity index (χ2n) is 8.86. The van der Waals surface area contributed by atoms with Crippen LogP contribution < -0.4 is 44.2 Å². The molecule has 218 valence electrons. The summed E-state index contributed by atoms with van der Waals surface area (Å²) in [5.41, 5.74) is 21.6. The van der Waals surface area contributed by atoms with Gasteiger partial charge in [-0.25, -0.2) is 0 Å². The topological polar surface area (TPSA) is 250 Å². The molecule has 0 unspecified atom stereocenters. The zero-order chi connectivity index (χ0) is 28.9. The molecule has 0 rings (SSSR count). The van der Waals surface area contributed by atoms with Crippen molar-refractivity contribution in [2.24, 2.45) is 27.9 Å². The molecule has 0 bridgehead atoms. The molecular weight excluding hydrogens is 514 g/mol. The van der Waals surface area contributed by atoms with Gasteiger partial charge < -0.3 is 44.2 Å². The van der Waals surface area contributed by atoms with Gasteiger partial charge in [0.05, 0.1) is 19.0 Å². The number of hydrogen-bond acceptors (Lipinski definition) is 8. The fourth-order valence-electron chi connectivity index (χ4n) is 3.27. The van der Waals surface area contributed by atoms with E-state index in [0.717, 1.165) is 32.1 Å². The molecule has 0 saturated heterocycles. The van der Waals surface area contributed by atoms with Crippen molar-refractivity contribution in [3.05, 3.63) is 0 Å². The number of carbonyl (C=O) groups is 5. The molecule has 12 N–H and O–H groups in total. The fourth-order valence-corrected chi connectivity index (χ4v) is 3.53. The maximum absolute atomic E-state index is 12.4. The summed E-state index contributed by atoms with van der Waals surface area (Å²) in [5.74, 6) is -3.40. The van der Waals surface area contributed by atoms with Crippen molar-refractivity contribution >= 4 is 48.1 Å². The van der Waals surface area contributed by atoms with Gasteiger partial charge in [-0.1, -0.05) is 39.0 Å². The van der Waals surface area contributed by atoms with Crippen LogP contribution in [0.2, 0.25) is 0 Å². The molecule has 3 atom stereocenters. The second kappa shape index (κ2) is 20.9. The van der Waals surface area contributed by atoms with Gasteiger partial charge in [0.25, 0.3) is 0 Å². The molecule has 5 amide bonds. The van der Waals surface area contributed by atoms with Gasteiger partial charge in [-0.15, -0.1) is 0 Å². The van der Waals surface area contributed by atoms with Crippen LogP contribution in [0.25, 0.3) is 0 Å². The third-order valence-corrected chi connectivity index (χ3v) is 5.83. The Morgan fingerprint density at radius 2 is 1.47 bits per heavy atom. The van der Waals surface area contributed by atoms with Gasteiger partial charge in [0, 0.05) is 18.8 Å². The lowest BCUT2D eigenvalue weighted by Crippen LogP contribution is -2.54. The van der Waals surface area contributed by atoms with Gasteiger partial charge in [0.1, 0.15) is 12.1 Å². The molecule has 0 aromatic carbocycles. The Morgan fingerprint density at radius 3 is 2.08 bits per heavy atom. The highest BCUT2D eigenvalue weighted by Gasteiger charge is 2.25. The van der Waals surface area contributed by atoms with Gasteiger partial charge in [-0.2, -0.15) is 12.6 Å². The first-order chi connectivity index (χ1) is 18.0. The predicted molar refractivity (Wildman–Crippen MR) is 149 cm³/mol. The lowest BCUT2D eigenvalue weighted by atomic mass is 10.1. The highest BCUT2D eigenvalue weighted by molar-refractivity contribution is 7.80. The first-order valence-corrected chi connectivity index (χ1v) is 13.5. The minimum absolute atomic E-state index is 0.0530. The summed E-state index contributed by atoms with van der Waals surface area (Å²) in [6.07, 6.45) is 6.85. The SMILES string of the molecule is CCCCCCCCNC(=O)C[C@H](NC(=O)CNC(=O)[C@H](CS)NC(=O)[C@@H](N)CCCN=C(N)N)C(N)=O. The molecule has 0 fully saturated rings. The first-order valence-electron chi connectivity index (χ1n) is 12.9. The van der Waals surface area contributed by atoms with Crippen molar-refractivity contribution in [3.8, 4) is 0 Å². The predicted octanol–water partition coefficient (Wildman–Crippen LogP) is -2.26. The number of guanidine groups is 1. The average molecular weight is 560 g/mol. The van der Waals surface area contributed by atoms with Crippen LogP contribution in [0.15, 0.2) is 4.99 Å². The summed E-state index contributed by atoms with van der Waals surface area (Å²) in [7, 11) is 0. The van der Waals surface area contributed by atoms with E-state index in [0.29, 0.717) is 19.5 Å². The Labute approximate surface area is 229 Å². The summed E-state index contributed by atoms with van der Waals surface area (Å²) in [6, 6.07) is -3.19. The number of amides is 5. The average Bonchev–Trinajstić information content (AvgIpc) is 2.86. The molecule has 38 heavy (non-hydrogen) atoms. The molecule has 0 aromatic rings. The maximum Gasteiger partial charge on any atom is 0.243 e. The number of hydrogen-bond donors (Lipinski definition) is 9. The molecule has 0 aromatic heterocycles. The molecule has 15 heteroatoms. The van der Waals surface area contributed by atoms with Crippen molar-refractivity contribution in [1.82, 2.24) is 21.3 Å². The number of carbonyl (C=O) groups excluding carboxylic acids is 5. The standard InChI is InChI=1S/C23H45N9O5S/c1-2-3-4-5-6-7-10-28-18(33)12-16(20(25)35)31-19(34)13-30-22(37)17(14-38)32-21(36)15(24)9-8-11-29-23(26)27/h15-17,38H,2-14,24H2,1H3,(H2,25,35)(H,28,33)(H,30,37)(H,31,34)(H,32,36)(H4,26,27,29)/t15-,16-,17-/m0/s1. The number of aliphatic imine (C=N–C) groups is 1. The molecule has 0 aliphatic carbocycles. The van der Waals surface area contributed by atoms with E-state index in [1.807, 2.05) is 0 Å². The highest BCUT2D eigenvalue weighted by atomic mass is 32.1.